The molecule has 0 spiro atoms. The van der Waals surface area contributed by atoms with E-state index in [9.17, 15) is 9.18 Å². The second-order valence-electron chi connectivity index (χ2n) is 6.92. The molecule has 2 aromatic carbocycles. The van der Waals surface area contributed by atoms with Crippen molar-refractivity contribution in [2.24, 2.45) is 0 Å². The quantitative estimate of drug-likeness (QED) is 0.459. The van der Waals surface area contributed by atoms with Crippen molar-refractivity contribution in [3.8, 4) is 16.9 Å². The molecule has 6 nitrogen and oxygen atoms in total. The van der Waals surface area contributed by atoms with Crippen molar-refractivity contribution < 1.29 is 9.13 Å². The minimum absolute atomic E-state index is 0.161. The van der Waals surface area contributed by atoms with Gasteiger partial charge in [0.1, 0.15) is 11.6 Å². The molecule has 5 rings (SSSR count). The molecule has 0 bridgehead atoms. The van der Waals surface area contributed by atoms with Gasteiger partial charge in [0.2, 0.25) is 0 Å². The number of ether oxygens (including phenoxy) is 1. The molecule has 0 unspecified atom stereocenters. The summed E-state index contributed by atoms with van der Waals surface area (Å²) in [5, 5.41) is 4.89. The highest BCUT2D eigenvalue weighted by molar-refractivity contribution is 5.85. The number of aromatic nitrogens is 4. The van der Waals surface area contributed by atoms with Crippen molar-refractivity contribution in [3.63, 3.8) is 0 Å². The number of halogens is 1. The van der Waals surface area contributed by atoms with Crippen molar-refractivity contribution in [1.82, 2.24) is 19.2 Å². The lowest BCUT2D eigenvalue weighted by Gasteiger charge is -2.11. The van der Waals surface area contributed by atoms with Crippen molar-refractivity contribution in [1.29, 1.82) is 0 Å². The Bertz CT molecular complexity index is 1440. The van der Waals surface area contributed by atoms with Crippen molar-refractivity contribution in [2.75, 3.05) is 7.11 Å². The van der Waals surface area contributed by atoms with E-state index in [4.69, 9.17) is 4.74 Å². The molecule has 7 heteroatoms. The van der Waals surface area contributed by atoms with Crippen LogP contribution in [0.1, 0.15) is 5.56 Å². The molecule has 3 aromatic heterocycles. The summed E-state index contributed by atoms with van der Waals surface area (Å²) in [7, 11) is 1.61. The summed E-state index contributed by atoms with van der Waals surface area (Å²) in [4.78, 5) is 17.6. The van der Waals surface area contributed by atoms with Crippen LogP contribution in [-0.4, -0.2) is 26.3 Å². The molecule has 5 aromatic rings. The third-order valence-corrected chi connectivity index (χ3v) is 5.16. The third-order valence-electron chi connectivity index (χ3n) is 5.16. The first-order valence-electron chi connectivity index (χ1n) is 9.39. The van der Waals surface area contributed by atoms with Crippen LogP contribution in [0.4, 0.5) is 4.39 Å². The maximum atomic E-state index is 13.3. The predicted molar refractivity (Wildman–Crippen MR) is 112 cm³/mol. The highest BCUT2D eigenvalue weighted by Crippen LogP contribution is 2.25. The number of pyridine rings is 1. The molecule has 0 saturated heterocycles. The van der Waals surface area contributed by atoms with Crippen LogP contribution >= 0.6 is 0 Å². The smallest absolute Gasteiger partial charge is 0.261 e. The topological polar surface area (TPSA) is 61.4 Å². The molecule has 3 heterocycles. The van der Waals surface area contributed by atoms with Gasteiger partial charge >= 0.3 is 0 Å². The summed E-state index contributed by atoms with van der Waals surface area (Å²) >= 11 is 0. The molecule has 0 aliphatic heterocycles. The number of fused-ring (bicyclic) bond motifs is 3. The largest absolute Gasteiger partial charge is 0.496 e. The number of nitrogens with zero attached hydrogens (tertiary/aromatic N) is 4. The standard InChI is InChI=1S/C23H17FN4O2/c1-30-21-5-3-2-4-16(21)14-27-11-10-20-19(23(27)29)12-25-22-18(13-26-28(20)22)15-6-8-17(24)9-7-15/h2-13H,14H2,1H3. The van der Waals surface area contributed by atoms with E-state index in [0.29, 0.717) is 23.1 Å². The van der Waals surface area contributed by atoms with Crippen LogP contribution in [0.15, 0.2) is 78.0 Å². The zero-order valence-corrected chi connectivity index (χ0v) is 16.1. The number of benzene rings is 2. The average molecular weight is 400 g/mol. The lowest BCUT2D eigenvalue weighted by molar-refractivity contribution is 0.408. The van der Waals surface area contributed by atoms with Crippen LogP contribution in [0.25, 0.3) is 27.7 Å². The Morgan fingerprint density at radius 1 is 1.03 bits per heavy atom. The average Bonchev–Trinajstić information content (AvgIpc) is 3.21. The zero-order chi connectivity index (χ0) is 20.7. The van der Waals surface area contributed by atoms with E-state index in [1.54, 1.807) is 46.9 Å². The number of rotatable bonds is 4. The minimum Gasteiger partial charge on any atom is -0.496 e. The van der Waals surface area contributed by atoms with Crippen molar-refractivity contribution >= 4 is 16.6 Å². The van der Waals surface area contributed by atoms with Gasteiger partial charge in [0, 0.05) is 23.5 Å². The molecule has 0 aliphatic rings. The first-order valence-corrected chi connectivity index (χ1v) is 9.39. The third kappa shape index (κ3) is 2.91. The summed E-state index contributed by atoms with van der Waals surface area (Å²) in [5.41, 5.74) is 3.60. The summed E-state index contributed by atoms with van der Waals surface area (Å²) in [6.45, 7) is 0.386. The second-order valence-corrected chi connectivity index (χ2v) is 6.92. The summed E-state index contributed by atoms with van der Waals surface area (Å²) < 4.78 is 21.9. The Kier molecular flexibility index (Phi) is 4.28. The Morgan fingerprint density at radius 3 is 2.63 bits per heavy atom. The first-order chi connectivity index (χ1) is 14.7. The van der Waals surface area contributed by atoms with Crippen LogP contribution in [0, 0.1) is 5.82 Å². The fourth-order valence-electron chi connectivity index (χ4n) is 3.63. The van der Waals surface area contributed by atoms with E-state index in [-0.39, 0.29) is 11.4 Å². The summed E-state index contributed by atoms with van der Waals surface area (Å²) in [6, 6.07) is 15.6. The van der Waals surface area contributed by atoms with Gasteiger partial charge in [-0.25, -0.2) is 13.9 Å². The second kappa shape index (κ2) is 7.11. The zero-order valence-electron chi connectivity index (χ0n) is 16.1. The Hall–Kier alpha value is -4.00. The van der Waals surface area contributed by atoms with E-state index in [2.05, 4.69) is 10.1 Å². The van der Waals surface area contributed by atoms with Crippen LogP contribution in [0.5, 0.6) is 5.75 Å². The minimum atomic E-state index is -0.302. The molecule has 0 aliphatic carbocycles. The van der Waals surface area contributed by atoms with E-state index in [0.717, 1.165) is 22.4 Å². The predicted octanol–water partition coefficient (Wildman–Crippen LogP) is 3.91. The fourth-order valence-corrected chi connectivity index (χ4v) is 3.63. The van der Waals surface area contributed by atoms with Gasteiger partial charge < -0.3 is 9.30 Å². The highest BCUT2D eigenvalue weighted by atomic mass is 19.1. The lowest BCUT2D eigenvalue weighted by atomic mass is 10.1. The van der Waals surface area contributed by atoms with Gasteiger partial charge in [-0.1, -0.05) is 30.3 Å². The molecule has 0 amide bonds. The Morgan fingerprint density at radius 2 is 1.83 bits per heavy atom. The van der Waals surface area contributed by atoms with Gasteiger partial charge in [0.25, 0.3) is 5.56 Å². The van der Waals surface area contributed by atoms with E-state index in [1.165, 1.54) is 12.1 Å². The Balaban J connectivity index is 1.62. The molecule has 0 radical (unpaired) electrons. The van der Waals surface area contributed by atoms with Gasteiger partial charge in [0.05, 0.1) is 30.8 Å². The monoisotopic (exact) mass is 400 g/mol. The molecule has 0 saturated carbocycles. The van der Waals surface area contributed by atoms with Gasteiger partial charge in [-0.05, 0) is 29.8 Å². The Labute approximate surface area is 170 Å². The molecule has 0 atom stereocenters. The number of hydrogen-bond acceptors (Lipinski definition) is 4. The normalized spacial score (nSPS) is 11.3. The number of methoxy groups -OCH3 is 1. The fraction of sp³-hybridized carbons (Fsp3) is 0.0870. The molecule has 148 valence electrons. The maximum Gasteiger partial charge on any atom is 0.261 e. The molecule has 0 N–H and O–H groups in total. The van der Waals surface area contributed by atoms with Gasteiger partial charge in [0.15, 0.2) is 5.65 Å². The van der Waals surface area contributed by atoms with Crippen molar-refractivity contribution in [3.05, 3.63) is 94.9 Å². The SMILES string of the molecule is COc1ccccc1Cn1ccc2c(cnc3c(-c4ccc(F)cc4)cnn32)c1=O. The number of para-hydroxylation sites is 1. The van der Waals surface area contributed by atoms with Crippen LogP contribution in [0.3, 0.4) is 0 Å². The lowest BCUT2D eigenvalue weighted by Crippen LogP contribution is -2.21. The van der Waals surface area contributed by atoms with E-state index >= 15 is 0 Å². The summed E-state index contributed by atoms with van der Waals surface area (Å²) in [5.74, 6) is 0.429. The van der Waals surface area contributed by atoms with Gasteiger partial charge in [-0.2, -0.15) is 5.10 Å². The molecular weight excluding hydrogens is 383 g/mol. The highest BCUT2D eigenvalue weighted by Gasteiger charge is 2.14. The van der Waals surface area contributed by atoms with E-state index in [1.807, 2.05) is 30.3 Å². The van der Waals surface area contributed by atoms with Crippen molar-refractivity contribution in [2.45, 2.75) is 6.54 Å². The maximum absolute atomic E-state index is 13.3. The molecule has 30 heavy (non-hydrogen) atoms. The van der Waals surface area contributed by atoms with Crippen LogP contribution in [-0.2, 0) is 6.54 Å². The van der Waals surface area contributed by atoms with Gasteiger partial charge in [-0.15, -0.1) is 0 Å². The molecular formula is C23H17FN4O2. The number of hydrogen-bond donors (Lipinski definition) is 0. The molecule has 0 fully saturated rings. The van der Waals surface area contributed by atoms with E-state index < -0.39 is 0 Å². The van der Waals surface area contributed by atoms with Gasteiger partial charge in [-0.3, -0.25) is 4.79 Å². The van der Waals surface area contributed by atoms with Crippen LogP contribution in [0.2, 0.25) is 0 Å². The van der Waals surface area contributed by atoms with Crippen LogP contribution < -0.4 is 10.3 Å². The summed E-state index contributed by atoms with van der Waals surface area (Å²) in [6.07, 6.45) is 4.99. The first kappa shape index (κ1) is 18.1.